The van der Waals surface area contributed by atoms with E-state index in [9.17, 15) is 4.79 Å². The van der Waals surface area contributed by atoms with Gasteiger partial charge in [0.2, 0.25) is 0 Å². The third-order valence-electron chi connectivity index (χ3n) is 8.93. The van der Waals surface area contributed by atoms with Gasteiger partial charge in [0.1, 0.15) is 5.75 Å². The van der Waals surface area contributed by atoms with Crippen LogP contribution in [0.4, 0.5) is 0 Å². The molecule has 0 unspecified atom stereocenters. The molecule has 37 heavy (non-hydrogen) atoms. The van der Waals surface area contributed by atoms with Crippen molar-refractivity contribution < 1.29 is 9.53 Å². The predicted octanol–water partition coefficient (Wildman–Crippen LogP) is 9.29. The van der Waals surface area contributed by atoms with Crippen molar-refractivity contribution in [3.8, 4) is 17.1 Å². The lowest BCUT2D eigenvalue weighted by Crippen LogP contribution is -2.25. The molecule has 2 saturated carbocycles. The summed E-state index contributed by atoms with van der Waals surface area (Å²) in [6.07, 6.45) is 24.3. The van der Waals surface area contributed by atoms with Crippen LogP contribution in [0.25, 0.3) is 11.4 Å². The van der Waals surface area contributed by atoms with E-state index in [1.54, 1.807) is 0 Å². The summed E-state index contributed by atoms with van der Waals surface area (Å²) in [5.74, 6) is 3.64. The first-order valence-corrected chi connectivity index (χ1v) is 15.3. The number of hydrogen-bond acceptors (Lipinski definition) is 4. The first-order valence-electron chi connectivity index (χ1n) is 15.3. The summed E-state index contributed by atoms with van der Waals surface area (Å²) in [6, 6.07) is 7.68. The zero-order chi connectivity index (χ0) is 25.9. The molecule has 4 heteroatoms. The Morgan fingerprint density at radius 1 is 0.757 bits per heavy atom. The van der Waals surface area contributed by atoms with Crippen molar-refractivity contribution >= 4 is 5.97 Å². The van der Waals surface area contributed by atoms with Crippen LogP contribution in [-0.2, 0) is 4.79 Å². The average Bonchev–Trinajstić information content (AvgIpc) is 2.95. The zero-order valence-corrected chi connectivity index (χ0v) is 23.3. The third kappa shape index (κ3) is 8.38. The van der Waals surface area contributed by atoms with Gasteiger partial charge in [-0.1, -0.05) is 65.2 Å². The summed E-state index contributed by atoms with van der Waals surface area (Å²) in [6.45, 7) is 4.54. The molecule has 2 aromatic rings. The van der Waals surface area contributed by atoms with Crippen molar-refractivity contribution in [2.24, 2.45) is 17.8 Å². The lowest BCUT2D eigenvalue weighted by Gasteiger charge is -2.28. The molecule has 0 atom stereocenters. The Kier molecular flexibility index (Phi) is 11.0. The van der Waals surface area contributed by atoms with E-state index in [0.29, 0.717) is 11.7 Å². The van der Waals surface area contributed by atoms with Crippen LogP contribution in [0.15, 0.2) is 36.7 Å². The maximum atomic E-state index is 12.7. The summed E-state index contributed by atoms with van der Waals surface area (Å²) in [5.41, 5.74) is 2.24. The van der Waals surface area contributed by atoms with Gasteiger partial charge < -0.3 is 4.74 Å². The van der Waals surface area contributed by atoms with E-state index in [0.717, 1.165) is 48.9 Å². The minimum absolute atomic E-state index is 0.0457. The van der Waals surface area contributed by atoms with Crippen molar-refractivity contribution in [3.63, 3.8) is 0 Å². The van der Waals surface area contributed by atoms with Gasteiger partial charge in [-0.25, -0.2) is 9.97 Å². The SMILES string of the molecule is CCCCC[C@H]1CC[C@H](C(=O)Oc2ccc(-c3ncc([C@H]4CC[C@H](CCCCC)CC4)cn3)cc2)CC1. The Labute approximate surface area is 225 Å². The minimum Gasteiger partial charge on any atom is -0.426 e. The molecule has 2 aliphatic carbocycles. The van der Waals surface area contributed by atoms with Crippen LogP contribution >= 0.6 is 0 Å². The summed E-state index contributed by atoms with van der Waals surface area (Å²) in [5, 5.41) is 0. The van der Waals surface area contributed by atoms with Crippen molar-refractivity contribution in [3.05, 3.63) is 42.2 Å². The molecular weight excluding hydrogens is 456 g/mol. The van der Waals surface area contributed by atoms with Crippen LogP contribution in [0.5, 0.6) is 5.75 Å². The number of ether oxygens (including phenoxy) is 1. The number of carbonyl (C=O) groups is 1. The highest BCUT2D eigenvalue weighted by Crippen LogP contribution is 2.38. The fraction of sp³-hybridized carbons (Fsp3) is 0.667. The molecule has 0 radical (unpaired) electrons. The zero-order valence-electron chi connectivity index (χ0n) is 23.3. The molecule has 1 aromatic carbocycles. The van der Waals surface area contributed by atoms with E-state index in [1.165, 1.54) is 82.6 Å². The van der Waals surface area contributed by atoms with Gasteiger partial charge in [-0.2, -0.15) is 0 Å². The predicted molar refractivity (Wildman–Crippen MR) is 152 cm³/mol. The molecule has 4 rings (SSSR count). The van der Waals surface area contributed by atoms with Gasteiger partial charge in [-0.15, -0.1) is 0 Å². The molecule has 1 heterocycles. The highest BCUT2D eigenvalue weighted by molar-refractivity contribution is 5.75. The highest BCUT2D eigenvalue weighted by atomic mass is 16.5. The Balaban J connectivity index is 1.22. The number of unbranched alkanes of at least 4 members (excludes halogenated alkanes) is 4. The van der Waals surface area contributed by atoms with Gasteiger partial charge in [-0.05, 0) is 98.9 Å². The average molecular weight is 505 g/mol. The standard InChI is InChI=1S/C33H48N2O2/c1-3-5-7-9-25-11-15-27(16-12-25)30-23-34-32(35-24-30)28-19-21-31(22-20-28)37-33(36)29-17-13-26(14-18-29)10-8-6-4-2/h19-27,29H,3-18H2,1-2H3/t25-,26-,27-,29-. The quantitative estimate of drug-likeness (QED) is 0.164. The maximum Gasteiger partial charge on any atom is 0.314 e. The second-order valence-electron chi connectivity index (χ2n) is 11.7. The van der Waals surface area contributed by atoms with Crippen LogP contribution in [0.1, 0.15) is 128 Å². The van der Waals surface area contributed by atoms with E-state index in [2.05, 4.69) is 23.8 Å². The number of esters is 1. The van der Waals surface area contributed by atoms with Crippen LogP contribution in [0, 0.1) is 17.8 Å². The van der Waals surface area contributed by atoms with Crippen LogP contribution < -0.4 is 4.74 Å². The number of aromatic nitrogens is 2. The Morgan fingerprint density at radius 2 is 1.30 bits per heavy atom. The summed E-state index contributed by atoms with van der Waals surface area (Å²) in [4.78, 5) is 22.1. The fourth-order valence-electron chi connectivity index (χ4n) is 6.41. The number of nitrogens with zero attached hydrogens (tertiary/aromatic N) is 2. The Bertz CT molecular complexity index is 924. The van der Waals surface area contributed by atoms with Crippen molar-refractivity contribution in [1.29, 1.82) is 0 Å². The largest absolute Gasteiger partial charge is 0.426 e. The number of carbonyl (C=O) groups excluding carboxylic acids is 1. The summed E-state index contributed by atoms with van der Waals surface area (Å²) in [7, 11) is 0. The van der Waals surface area contributed by atoms with Gasteiger partial charge in [0, 0.05) is 18.0 Å². The number of rotatable bonds is 12. The lowest BCUT2D eigenvalue weighted by atomic mass is 9.77. The molecule has 0 spiro atoms. The summed E-state index contributed by atoms with van der Waals surface area (Å²) >= 11 is 0. The normalized spacial score (nSPS) is 24.1. The maximum absolute atomic E-state index is 12.7. The molecule has 2 fully saturated rings. The first kappa shape index (κ1) is 27.8. The minimum atomic E-state index is -0.0690. The van der Waals surface area contributed by atoms with Crippen molar-refractivity contribution in [2.75, 3.05) is 0 Å². The first-order chi connectivity index (χ1) is 18.2. The third-order valence-corrected chi connectivity index (χ3v) is 8.93. The molecule has 0 N–H and O–H groups in total. The van der Waals surface area contributed by atoms with Gasteiger partial charge in [-0.3, -0.25) is 4.79 Å². The highest BCUT2D eigenvalue weighted by Gasteiger charge is 2.27. The summed E-state index contributed by atoms with van der Waals surface area (Å²) < 4.78 is 5.74. The van der Waals surface area contributed by atoms with Crippen LogP contribution in [0.2, 0.25) is 0 Å². The molecule has 1 aromatic heterocycles. The van der Waals surface area contributed by atoms with Gasteiger partial charge in [0.25, 0.3) is 0 Å². The van der Waals surface area contributed by atoms with Crippen molar-refractivity contribution in [2.45, 2.75) is 122 Å². The molecule has 2 aliphatic rings. The van der Waals surface area contributed by atoms with Gasteiger partial charge in [0.15, 0.2) is 5.82 Å². The van der Waals surface area contributed by atoms with Gasteiger partial charge >= 0.3 is 5.97 Å². The van der Waals surface area contributed by atoms with Gasteiger partial charge in [0.05, 0.1) is 5.92 Å². The molecule has 202 valence electrons. The molecule has 0 bridgehead atoms. The topological polar surface area (TPSA) is 52.1 Å². The smallest absolute Gasteiger partial charge is 0.314 e. The lowest BCUT2D eigenvalue weighted by molar-refractivity contribution is -0.140. The number of benzene rings is 1. The molecule has 4 nitrogen and oxygen atoms in total. The molecule has 0 saturated heterocycles. The van der Waals surface area contributed by atoms with E-state index in [4.69, 9.17) is 4.74 Å². The van der Waals surface area contributed by atoms with E-state index in [-0.39, 0.29) is 11.9 Å². The van der Waals surface area contributed by atoms with Crippen LogP contribution in [0.3, 0.4) is 0 Å². The van der Waals surface area contributed by atoms with Crippen molar-refractivity contribution in [1.82, 2.24) is 9.97 Å². The molecular formula is C33H48N2O2. The van der Waals surface area contributed by atoms with E-state index < -0.39 is 0 Å². The second kappa shape index (κ2) is 14.6. The fourth-order valence-corrected chi connectivity index (χ4v) is 6.41. The van der Waals surface area contributed by atoms with E-state index in [1.807, 2.05) is 36.7 Å². The molecule has 0 aliphatic heterocycles. The van der Waals surface area contributed by atoms with Crippen LogP contribution in [-0.4, -0.2) is 15.9 Å². The Hall–Kier alpha value is -2.23. The Morgan fingerprint density at radius 3 is 1.84 bits per heavy atom. The monoisotopic (exact) mass is 504 g/mol. The molecule has 0 amide bonds. The second-order valence-corrected chi connectivity index (χ2v) is 11.7. The number of hydrogen-bond donors (Lipinski definition) is 0. The van der Waals surface area contributed by atoms with E-state index >= 15 is 0 Å².